The van der Waals surface area contributed by atoms with E-state index in [1.165, 1.54) is 0 Å². The van der Waals surface area contributed by atoms with Crippen molar-refractivity contribution in [2.75, 3.05) is 6.54 Å². The van der Waals surface area contributed by atoms with Crippen molar-refractivity contribution in [3.8, 4) is 0 Å². The van der Waals surface area contributed by atoms with E-state index in [2.05, 4.69) is 38.3 Å². The van der Waals surface area contributed by atoms with E-state index in [9.17, 15) is 4.79 Å². The summed E-state index contributed by atoms with van der Waals surface area (Å²) in [6, 6.07) is 8.21. The molecule has 1 amide bonds. The number of nitrogens with zero attached hydrogens (tertiary/aromatic N) is 3. The van der Waals surface area contributed by atoms with Crippen LogP contribution in [0.1, 0.15) is 45.9 Å². The second-order valence-corrected chi connectivity index (χ2v) is 6.78. The summed E-state index contributed by atoms with van der Waals surface area (Å²) in [5, 5.41) is 0. The predicted octanol–water partition coefficient (Wildman–Crippen LogP) is 3.17. The van der Waals surface area contributed by atoms with Crippen LogP contribution in [0.5, 0.6) is 0 Å². The van der Waals surface area contributed by atoms with E-state index in [4.69, 9.17) is 4.98 Å². The highest BCUT2D eigenvalue weighted by molar-refractivity contribution is 5.81. The molecule has 1 fully saturated rings. The number of hydrogen-bond acceptors (Lipinski definition) is 2. The van der Waals surface area contributed by atoms with Gasteiger partial charge in [-0.3, -0.25) is 4.79 Å². The van der Waals surface area contributed by atoms with Gasteiger partial charge in [0.05, 0.1) is 11.0 Å². The summed E-state index contributed by atoms with van der Waals surface area (Å²) in [7, 11) is 0. The molecule has 3 rings (SSSR count). The molecular weight excluding hydrogens is 262 g/mol. The Bertz CT molecular complexity index is 681. The molecule has 1 aromatic heterocycles. The summed E-state index contributed by atoms with van der Waals surface area (Å²) in [6.45, 7) is 10.1. The third-order valence-corrected chi connectivity index (χ3v) is 4.30. The average Bonchev–Trinajstić information content (AvgIpc) is 2.98. The number of hydrogen-bond donors (Lipinski definition) is 0. The van der Waals surface area contributed by atoms with Gasteiger partial charge in [0, 0.05) is 31.0 Å². The molecule has 2 aromatic rings. The van der Waals surface area contributed by atoms with Gasteiger partial charge in [-0.15, -0.1) is 0 Å². The van der Waals surface area contributed by atoms with Crippen molar-refractivity contribution in [3.05, 3.63) is 30.1 Å². The van der Waals surface area contributed by atoms with Gasteiger partial charge in [-0.25, -0.2) is 4.98 Å². The Labute approximate surface area is 125 Å². The van der Waals surface area contributed by atoms with Gasteiger partial charge in [-0.05, 0) is 39.8 Å². The van der Waals surface area contributed by atoms with Crippen molar-refractivity contribution >= 4 is 16.9 Å². The molecule has 4 heteroatoms. The zero-order valence-electron chi connectivity index (χ0n) is 13.3. The Balaban J connectivity index is 2.00. The number of fused-ring (bicyclic) bond motifs is 1. The largest absolute Gasteiger partial charge is 0.337 e. The molecule has 0 spiro atoms. The van der Waals surface area contributed by atoms with Crippen LogP contribution in [0.25, 0.3) is 11.0 Å². The smallest absolute Gasteiger partial charge is 0.223 e. The van der Waals surface area contributed by atoms with E-state index in [1.54, 1.807) is 0 Å². The number of benzene rings is 1. The van der Waals surface area contributed by atoms with Crippen molar-refractivity contribution in [1.82, 2.24) is 14.5 Å². The van der Waals surface area contributed by atoms with Crippen LogP contribution in [0.15, 0.2) is 24.3 Å². The third kappa shape index (κ3) is 2.33. The van der Waals surface area contributed by atoms with Crippen LogP contribution in [0.2, 0.25) is 0 Å². The number of imidazole rings is 1. The topological polar surface area (TPSA) is 38.1 Å². The highest BCUT2D eigenvalue weighted by Gasteiger charge is 2.38. The standard InChI is InChI=1S/C17H23N3O/c1-5-19-14-9-7-6-8-13(14)18-16(19)12-10-15(21)20(11-12)17(2,3)4/h6-9,12H,5,10-11H2,1-4H3/t12-/m1/s1. The van der Waals surface area contributed by atoms with Gasteiger partial charge in [0.25, 0.3) is 0 Å². The van der Waals surface area contributed by atoms with Gasteiger partial charge in [0.2, 0.25) is 5.91 Å². The molecular formula is C17H23N3O. The molecule has 1 aliphatic rings. The van der Waals surface area contributed by atoms with Crippen molar-refractivity contribution in [1.29, 1.82) is 0 Å². The molecule has 2 heterocycles. The number of aromatic nitrogens is 2. The Kier molecular flexibility index (Phi) is 3.27. The third-order valence-electron chi connectivity index (χ3n) is 4.30. The number of carbonyl (C=O) groups is 1. The summed E-state index contributed by atoms with van der Waals surface area (Å²) >= 11 is 0. The van der Waals surface area contributed by atoms with Gasteiger partial charge in [0.1, 0.15) is 5.82 Å². The Morgan fingerprint density at radius 3 is 2.62 bits per heavy atom. The summed E-state index contributed by atoms with van der Waals surface area (Å²) in [5.41, 5.74) is 2.07. The molecule has 0 radical (unpaired) electrons. The first-order chi connectivity index (χ1) is 9.91. The maximum Gasteiger partial charge on any atom is 0.223 e. The fourth-order valence-electron chi connectivity index (χ4n) is 3.27. The Morgan fingerprint density at radius 1 is 1.29 bits per heavy atom. The van der Waals surface area contributed by atoms with E-state index >= 15 is 0 Å². The summed E-state index contributed by atoms with van der Waals surface area (Å²) in [6.07, 6.45) is 0.570. The molecule has 1 aromatic carbocycles. The maximum atomic E-state index is 12.3. The summed E-state index contributed by atoms with van der Waals surface area (Å²) in [5.74, 6) is 1.49. The van der Waals surface area contributed by atoms with Crippen molar-refractivity contribution in [2.45, 2.75) is 52.1 Å². The zero-order valence-corrected chi connectivity index (χ0v) is 13.3. The average molecular weight is 285 g/mol. The highest BCUT2D eigenvalue weighted by Crippen LogP contribution is 2.33. The highest BCUT2D eigenvalue weighted by atomic mass is 16.2. The van der Waals surface area contributed by atoms with E-state index in [1.807, 2.05) is 23.1 Å². The number of amides is 1. The molecule has 4 nitrogen and oxygen atoms in total. The van der Waals surface area contributed by atoms with Gasteiger partial charge < -0.3 is 9.47 Å². The molecule has 21 heavy (non-hydrogen) atoms. The molecule has 0 saturated carbocycles. The molecule has 0 aliphatic carbocycles. The molecule has 0 unspecified atom stereocenters. The lowest BCUT2D eigenvalue weighted by Crippen LogP contribution is -2.42. The normalized spacial score (nSPS) is 19.7. The fraction of sp³-hybridized carbons (Fsp3) is 0.529. The van der Waals surface area contributed by atoms with E-state index in [0.717, 1.165) is 29.9 Å². The molecule has 1 atom stereocenters. The Hall–Kier alpha value is -1.84. The minimum Gasteiger partial charge on any atom is -0.337 e. The van der Waals surface area contributed by atoms with Crippen LogP contribution in [-0.4, -0.2) is 32.4 Å². The van der Waals surface area contributed by atoms with Crippen molar-refractivity contribution in [3.63, 3.8) is 0 Å². The number of likely N-dealkylation sites (tertiary alicyclic amines) is 1. The van der Waals surface area contributed by atoms with Crippen molar-refractivity contribution < 1.29 is 4.79 Å². The second kappa shape index (κ2) is 4.86. The SMILES string of the molecule is CCn1c([C@@H]2CC(=O)N(C(C)(C)C)C2)nc2ccccc21. The molecule has 112 valence electrons. The molecule has 1 aliphatic heterocycles. The van der Waals surface area contributed by atoms with Gasteiger partial charge >= 0.3 is 0 Å². The van der Waals surface area contributed by atoms with Gasteiger partial charge in [-0.1, -0.05) is 12.1 Å². The lowest BCUT2D eigenvalue weighted by Gasteiger charge is -2.32. The van der Waals surface area contributed by atoms with Crippen LogP contribution in [0.3, 0.4) is 0 Å². The van der Waals surface area contributed by atoms with Crippen LogP contribution >= 0.6 is 0 Å². The number of rotatable bonds is 2. The molecule has 0 N–H and O–H groups in total. The summed E-state index contributed by atoms with van der Waals surface area (Å²) < 4.78 is 2.25. The molecule has 0 bridgehead atoms. The summed E-state index contributed by atoms with van der Waals surface area (Å²) in [4.78, 5) is 19.1. The molecule has 1 saturated heterocycles. The first-order valence-corrected chi connectivity index (χ1v) is 7.67. The monoisotopic (exact) mass is 285 g/mol. The number of carbonyl (C=O) groups excluding carboxylic acids is 1. The quantitative estimate of drug-likeness (QED) is 0.850. The van der Waals surface area contributed by atoms with Crippen LogP contribution in [-0.2, 0) is 11.3 Å². The number of para-hydroxylation sites is 2. The Morgan fingerprint density at radius 2 is 2.00 bits per heavy atom. The van der Waals surface area contributed by atoms with E-state index < -0.39 is 0 Å². The number of aryl methyl sites for hydroxylation is 1. The predicted molar refractivity (Wildman–Crippen MR) is 84.2 cm³/mol. The van der Waals surface area contributed by atoms with Crippen LogP contribution < -0.4 is 0 Å². The minimum atomic E-state index is -0.116. The van der Waals surface area contributed by atoms with Crippen LogP contribution in [0.4, 0.5) is 0 Å². The van der Waals surface area contributed by atoms with Gasteiger partial charge in [-0.2, -0.15) is 0 Å². The van der Waals surface area contributed by atoms with Gasteiger partial charge in [0.15, 0.2) is 0 Å². The van der Waals surface area contributed by atoms with Crippen LogP contribution in [0, 0.1) is 0 Å². The fourth-order valence-corrected chi connectivity index (χ4v) is 3.27. The maximum absolute atomic E-state index is 12.3. The van der Waals surface area contributed by atoms with Crippen molar-refractivity contribution in [2.24, 2.45) is 0 Å². The first kappa shape index (κ1) is 14.1. The second-order valence-electron chi connectivity index (χ2n) is 6.78. The first-order valence-electron chi connectivity index (χ1n) is 7.67. The lowest BCUT2D eigenvalue weighted by molar-refractivity contribution is -0.131. The minimum absolute atomic E-state index is 0.116. The van der Waals surface area contributed by atoms with E-state index in [-0.39, 0.29) is 17.4 Å². The zero-order chi connectivity index (χ0) is 15.2. The lowest BCUT2D eigenvalue weighted by atomic mass is 10.1. The van der Waals surface area contributed by atoms with E-state index in [0.29, 0.717) is 6.42 Å².